The van der Waals surface area contributed by atoms with Crippen LogP contribution in [0.4, 0.5) is 0 Å². The second kappa shape index (κ2) is 3.87. The Bertz CT molecular complexity index is 574. The molecule has 1 heterocycles. The lowest BCUT2D eigenvalue weighted by Gasteiger charge is -2.14. The third kappa shape index (κ3) is 1.84. The maximum Gasteiger partial charge on any atom is 0.261 e. The molecule has 0 aliphatic heterocycles. The van der Waals surface area contributed by atoms with E-state index in [9.17, 15) is 4.79 Å². The van der Waals surface area contributed by atoms with Crippen molar-refractivity contribution in [2.45, 2.75) is 18.4 Å². The van der Waals surface area contributed by atoms with Gasteiger partial charge in [-0.1, -0.05) is 12.1 Å². The van der Waals surface area contributed by atoms with E-state index < -0.39 is 11.5 Å². The molecular weight excluding hydrogens is 230 g/mol. The minimum absolute atomic E-state index is 0.392. The summed E-state index contributed by atoms with van der Waals surface area (Å²) < 4.78 is 5.71. The average molecular weight is 243 g/mol. The number of nitrogens with one attached hydrogen (secondary N) is 1. The molecule has 92 valence electrons. The predicted molar refractivity (Wildman–Crippen MR) is 65.8 cm³/mol. The number of aromatic nitrogens is 2. The Hall–Kier alpha value is -2.30. The van der Waals surface area contributed by atoms with Gasteiger partial charge in [-0.05, 0) is 17.7 Å². The first-order valence-electron chi connectivity index (χ1n) is 5.78. The van der Waals surface area contributed by atoms with Crippen LogP contribution in [-0.4, -0.2) is 21.7 Å². The van der Waals surface area contributed by atoms with Crippen molar-refractivity contribution in [3.8, 4) is 16.9 Å². The van der Waals surface area contributed by atoms with Crippen LogP contribution >= 0.6 is 0 Å². The Labute approximate surface area is 104 Å². The van der Waals surface area contributed by atoms with E-state index in [1.807, 2.05) is 24.3 Å². The lowest BCUT2D eigenvalue weighted by atomic mass is 10.1. The van der Waals surface area contributed by atoms with Gasteiger partial charge in [0.2, 0.25) is 0 Å². The summed E-state index contributed by atoms with van der Waals surface area (Å²) in [5.74, 6) is 0.265. The van der Waals surface area contributed by atoms with Crippen LogP contribution in [-0.2, 0) is 4.79 Å². The van der Waals surface area contributed by atoms with E-state index in [1.165, 1.54) is 0 Å². The molecule has 3 N–H and O–H groups in total. The van der Waals surface area contributed by atoms with Crippen LogP contribution in [0.5, 0.6) is 5.75 Å². The van der Waals surface area contributed by atoms with Crippen molar-refractivity contribution in [3.05, 3.63) is 36.7 Å². The number of benzene rings is 1. The lowest BCUT2D eigenvalue weighted by Crippen LogP contribution is -2.35. The fourth-order valence-electron chi connectivity index (χ4n) is 1.89. The second-order valence-electron chi connectivity index (χ2n) is 4.48. The number of ether oxygens (including phenoxy) is 1. The molecule has 18 heavy (non-hydrogen) atoms. The molecule has 3 rings (SSSR count). The quantitative estimate of drug-likeness (QED) is 0.853. The summed E-state index contributed by atoms with van der Waals surface area (Å²) in [6, 6.07) is 7.55. The maximum atomic E-state index is 11.3. The van der Waals surface area contributed by atoms with Crippen LogP contribution in [0.2, 0.25) is 0 Å². The summed E-state index contributed by atoms with van der Waals surface area (Å²) in [7, 11) is 0. The van der Waals surface area contributed by atoms with Crippen LogP contribution in [0.15, 0.2) is 36.7 Å². The zero-order valence-electron chi connectivity index (χ0n) is 9.72. The highest BCUT2D eigenvalue weighted by atomic mass is 16.5. The zero-order valence-corrected chi connectivity index (χ0v) is 9.72. The van der Waals surface area contributed by atoms with Gasteiger partial charge in [-0.25, -0.2) is 0 Å². The molecule has 1 aromatic carbocycles. The fourth-order valence-corrected chi connectivity index (χ4v) is 1.89. The van der Waals surface area contributed by atoms with Gasteiger partial charge in [0.25, 0.3) is 5.91 Å². The Kier molecular flexibility index (Phi) is 2.33. The average Bonchev–Trinajstić information content (AvgIpc) is 2.94. The number of amides is 1. The van der Waals surface area contributed by atoms with Crippen LogP contribution in [0.1, 0.15) is 12.8 Å². The largest absolute Gasteiger partial charge is 0.477 e. The van der Waals surface area contributed by atoms with E-state index >= 15 is 0 Å². The number of carbonyl (C=O) groups excluding carboxylic acids is 1. The summed E-state index contributed by atoms with van der Waals surface area (Å²) in [5, 5.41) is 6.67. The lowest BCUT2D eigenvalue weighted by molar-refractivity contribution is -0.126. The van der Waals surface area contributed by atoms with Gasteiger partial charge in [-0.2, -0.15) is 5.10 Å². The van der Waals surface area contributed by atoms with Gasteiger partial charge >= 0.3 is 0 Å². The van der Waals surface area contributed by atoms with Crippen molar-refractivity contribution in [1.82, 2.24) is 10.2 Å². The molecule has 1 saturated carbocycles. The summed E-state index contributed by atoms with van der Waals surface area (Å²) in [4.78, 5) is 11.3. The van der Waals surface area contributed by atoms with Crippen molar-refractivity contribution >= 4 is 5.91 Å². The van der Waals surface area contributed by atoms with Gasteiger partial charge < -0.3 is 10.5 Å². The van der Waals surface area contributed by atoms with Crippen molar-refractivity contribution in [3.63, 3.8) is 0 Å². The van der Waals surface area contributed by atoms with Crippen LogP contribution < -0.4 is 10.5 Å². The number of hydrogen-bond donors (Lipinski definition) is 2. The van der Waals surface area contributed by atoms with Gasteiger partial charge in [-0.15, -0.1) is 0 Å². The highest BCUT2D eigenvalue weighted by molar-refractivity contribution is 5.87. The van der Waals surface area contributed by atoms with E-state index in [0.29, 0.717) is 18.6 Å². The van der Waals surface area contributed by atoms with Gasteiger partial charge in [-0.3, -0.25) is 9.89 Å². The van der Waals surface area contributed by atoms with Gasteiger partial charge in [0.15, 0.2) is 5.60 Å². The van der Waals surface area contributed by atoms with E-state index in [0.717, 1.165) is 11.1 Å². The zero-order chi connectivity index (χ0) is 12.6. The molecule has 1 amide bonds. The number of nitrogens with zero attached hydrogens (tertiary/aromatic N) is 1. The Morgan fingerprint density at radius 1 is 1.39 bits per heavy atom. The summed E-state index contributed by atoms with van der Waals surface area (Å²) in [6.07, 6.45) is 4.93. The molecule has 0 unspecified atom stereocenters. The monoisotopic (exact) mass is 243 g/mol. The fraction of sp³-hybridized carbons (Fsp3) is 0.231. The molecule has 1 fully saturated rings. The first kappa shape index (κ1) is 10.8. The van der Waals surface area contributed by atoms with Crippen molar-refractivity contribution in [2.75, 3.05) is 0 Å². The predicted octanol–water partition coefficient (Wildman–Crippen LogP) is 1.47. The smallest absolute Gasteiger partial charge is 0.261 e. The van der Waals surface area contributed by atoms with Gasteiger partial charge in [0.05, 0.1) is 6.20 Å². The molecule has 0 atom stereocenters. The molecule has 0 saturated heterocycles. The number of rotatable bonds is 4. The number of H-pyrrole nitrogens is 1. The SMILES string of the molecule is NC(=O)C1(Oc2cccc(-c3cn[nH]c3)c2)CC1. The Balaban J connectivity index is 1.86. The molecule has 5 heteroatoms. The van der Waals surface area contributed by atoms with E-state index in [1.54, 1.807) is 12.4 Å². The molecule has 0 radical (unpaired) electrons. The molecule has 2 aromatic rings. The number of hydrogen-bond acceptors (Lipinski definition) is 3. The third-order valence-corrected chi connectivity index (χ3v) is 3.13. The van der Waals surface area contributed by atoms with Crippen molar-refractivity contribution in [1.29, 1.82) is 0 Å². The van der Waals surface area contributed by atoms with Crippen LogP contribution in [0, 0.1) is 0 Å². The summed E-state index contributed by atoms with van der Waals surface area (Å²) in [6.45, 7) is 0. The molecule has 0 bridgehead atoms. The second-order valence-corrected chi connectivity index (χ2v) is 4.48. The molecule has 0 spiro atoms. The normalized spacial score (nSPS) is 16.2. The van der Waals surface area contributed by atoms with E-state index in [4.69, 9.17) is 10.5 Å². The molecule has 1 aliphatic carbocycles. The summed E-state index contributed by atoms with van der Waals surface area (Å²) in [5.41, 5.74) is 6.52. The highest BCUT2D eigenvalue weighted by Crippen LogP contribution is 2.40. The van der Waals surface area contributed by atoms with Gasteiger partial charge in [0.1, 0.15) is 5.75 Å². The molecular formula is C13H13N3O2. The topological polar surface area (TPSA) is 81.0 Å². The number of aromatic amines is 1. The number of primary amides is 1. The first-order chi connectivity index (χ1) is 8.70. The molecule has 1 aliphatic rings. The van der Waals surface area contributed by atoms with Crippen molar-refractivity contribution in [2.24, 2.45) is 5.73 Å². The minimum atomic E-state index is -0.783. The number of nitrogens with two attached hydrogens (primary N) is 1. The highest BCUT2D eigenvalue weighted by Gasteiger charge is 2.51. The number of carbonyl (C=O) groups is 1. The molecule has 1 aromatic heterocycles. The summed E-state index contributed by atoms with van der Waals surface area (Å²) >= 11 is 0. The van der Waals surface area contributed by atoms with Crippen LogP contribution in [0.3, 0.4) is 0 Å². The van der Waals surface area contributed by atoms with Gasteiger partial charge in [0, 0.05) is 24.6 Å². The van der Waals surface area contributed by atoms with Crippen molar-refractivity contribution < 1.29 is 9.53 Å². The van der Waals surface area contributed by atoms with E-state index in [2.05, 4.69) is 10.2 Å². The Morgan fingerprint density at radius 2 is 2.22 bits per heavy atom. The molecule has 5 nitrogen and oxygen atoms in total. The minimum Gasteiger partial charge on any atom is -0.477 e. The van der Waals surface area contributed by atoms with Crippen LogP contribution in [0.25, 0.3) is 11.1 Å². The maximum absolute atomic E-state index is 11.3. The van der Waals surface area contributed by atoms with E-state index in [-0.39, 0.29) is 0 Å². The third-order valence-electron chi connectivity index (χ3n) is 3.13. The Morgan fingerprint density at radius 3 is 2.83 bits per heavy atom. The first-order valence-corrected chi connectivity index (χ1v) is 5.78. The standard InChI is InChI=1S/C13H13N3O2/c14-12(17)13(4-5-13)18-11-3-1-2-9(6-11)10-7-15-16-8-10/h1-3,6-8H,4-5H2,(H2,14,17)(H,15,16).